The van der Waals surface area contributed by atoms with Crippen LogP contribution < -0.4 is 5.32 Å². The van der Waals surface area contributed by atoms with Gasteiger partial charge in [-0.3, -0.25) is 14.3 Å². The number of hydrogen-bond acceptors (Lipinski definition) is 6. The van der Waals surface area contributed by atoms with Crippen molar-refractivity contribution < 1.29 is 4.79 Å². The van der Waals surface area contributed by atoms with Gasteiger partial charge in [0.05, 0.1) is 33.1 Å². The van der Waals surface area contributed by atoms with Crippen molar-refractivity contribution in [3.63, 3.8) is 0 Å². The number of nitrogens with zero attached hydrogens (tertiary/aromatic N) is 5. The summed E-state index contributed by atoms with van der Waals surface area (Å²) in [6.07, 6.45) is 3.33. The lowest BCUT2D eigenvalue weighted by Gasteiger charge is -2.11. The number of aromatic nitrogens is 4. The van der Waals surface area contributed by atoms with Gasteiger partial charge < -0.3 is 5.32 Å². The van der Waals surface area contributed by atoms with Crippen LogP contribution in [-0.2, 0) is 4.79 Å². The lowest BCUT2D eigenvalue weighted by atomic mass is 10.2. The summed E-state index contributed by atoms with van der Waals surface area (Å²) < 4.78 is 1.81. The molecular weight excluding hydrogens is 467 g/mol. The standard InChI is InChI=1S/C22H14Cl2N6OS/c23-18-5-4-17(11-19(18)24)30-21(15-6-8-26-9-7-15)28-29-22(30)32-13-20(31)27-16-3-1-2-14(10-16)12-25/h1-11H,13H2,(H,27,31). The molecule has 1 N–H and O–H groups in total. The van der Waals surface area contributed by atoms with Gasteiger partial charge in [-0.2, -0.15) is 5.26 Å². The largest absolute Gasteiger partial charge is 0.325 e. The Kier molecular flexibility index (Phi) is 6.71. The van der Waals surface area contributed by atoms with Crippen molar-refractivity contribution in [1.82, 2.24) is 19.7 Å². The average Bonchev–Trinajstić information content (AvgIpc) is 3.24. The van der Waals surface area contributed by atoms with Gasteiger partial charge in [0.15, 0.2) is 11.0 Å². The quantitative estimate of drug-likeness (QED) is 0.379. The van der Waals surface area contributed by atoms with Crippen LogP contribution in [0.25, 0.3) is 17.1 Å². The summed E-state index contributed by atoms with van der Waals surface area (Å²) >= 11 is 13.5. The van der Waals surface area contributed by atoms with Crippen LogP contribution in [0.2, 0.25) is 10.0 Å². The first-order valence-electron chi connectivity index (χ1n) is 9.29. The summed E-state index contributed by atoms with van der Waals surface area (Å²) in [5.41, 5.74) is 2.54. The first-order valence-corrected chi connectivity index (χ1v) is 11.0. The van der Waals surface area contributed by atoms with Gasteiger partial charge in [-0.05, 0) is 48.5 Å². The molecule has 0 radical (unpaired) electrons. The third kappa shape index (κ3) is 4.92. The molecular formula is C22H14Cl2N6OS. The predicted octanol–water partition coefficient (Wildman–Crippen LogP) is 5.24. The Bertz CT molecular complexity index is 1320. The van der Waals surface area contributed by atoms with E-state index in [1.807, 2.05) is 22.8 Å². The zero-order valence-electron chi connectivity index (χ0n) is 16.4. The van der Waals surface area contributed by atoms with Crippen molar-refractivity contribution >= 4 is 46.6 Å². The van der Waals surface area contributed by atoms with Crippen LogP contribution >= 0.6 is 35.0 Å². The van der Waals surface area contributed by atoms with Crippen molar-refractivity contribution in [3.05, 3.63) is 82.6 Å². The number of hydrogen-bond donors (Lipinski definition) is 1. The normalized spacial score (nSPS) is 10.5. The smallest absolute Gasteiger partial charge is 0.234 e. The molecule has 0 fully saturated rings. The molecule has 0 atom stereocenters. The summed E-state index contributed by atoms with van der Waals surface area (Å²) in [6.45, 7) is 0. The van der Waals surface area contributed by atoms with Gasteiger partial charge in [0.2, 0.25) is 5.91 Å². The topological polar surface area (TPSA) is 96.5 Å². The highest BCUT2D eigenvalue weighted by Gasteiger charge is 2.18. The van der Waals surface area contributed by atoms with E-state index in [1.165, 1.54) is 11.8 Å². The zero-order valence-corrected chi connectivity index (χ0v) is 18.7. The fraction of sp³-hybridized carbons (Fsp3) is 0.0455. The molecule has 0 spiro atoms. The molecule has 4 aromatic rings. The van der Waals surface area contributed by atoms with E-state index < -0.39 is 0 Å². The SMILES string of the molecule is N#Cc1cccc(NC(=O)CSc2nnc(-c3ccncc3)n2-c2ccc(Cl)c(Cl)c2)c1. The minimum atomic E-state index is -0.237. The molecule has 158 valence electrons. The summed E-state index contributed by atoms with van der Waals surface area (Å²) in [4.78, 5) is 16.5. The average molecular weight is 481 g/mol. The van der Waals surface area contributed by atoms with E-state index in [0.717, 1.165) is 5.56 Å². The first kappa shape index (κ1) is 21.8. The molecule has 0 aliphatic rings. The van der Waals surface area contributed by atoms with Crippen LogP contribution in [0.15, 0.2) is 72.1 Å². The number of nitriles is 1. The van der Waals surface area contributed by atoms with E-state index in [9.17, 15) is 4.79 Å². The fourth-order valence-electron chi connectivity index (χ4n) is 2.90. The highest BCUT2D eigenvalue weighted by atomic mass is 35.5. The second-order valence-electron chi connectivity index (χ2n) is 6.51. The lowest BCUT2D eigenvalue weighted by molar-refractivity contribution is -0.113. The van der Waals surface area contributed by atoms with Crippen molar-refractivity contribution in [3.8, 4) is 23.1 Å². The number of rotatable bonds is 6. The Labute approximate surface area is 198 Å². The molecule has 2 heterocycles. The summed E-state index contributed by atoms with van der Waals surface area (Å²) in [5, 5.41) is 21.7. The van der Waals surface area contributed by atoms with Crippen LogP contribution in [0, 0.1) is 11.3 Å². The van der Waals surface area contributed by atoms with Gasteiger partial charge in [-0.25, -0.2) is 0 Å². The summed E-state index contributed by atoms with van der Waals surface area (Å²) in [6, 6.07) is 17.6. The van der Waals surface area contributed by atoms with Crippen LogP contribution in [0.1, 0.15) is 5.56 Å². The number of halogens is 2. The Morgan fingerprint density at radius 3 is 2.62 bits per heavy atom. The number of amides is 1. The number of pyridine rings is 1. The Morgan fingerprint density at radius 2 is 1.88 bits per heavy atom. The van der Waals surface area contributed by atoms with Gasteiger partial charge in [0.1, 0.15) is 0 Å². The van der Waals surface area contributed by atoms with E-state index in [-0.39, 0.29) is 11.7 Å². The Balaban J connectivity index is 1.61. The van der Waals surface area contributed by atoms with Crippen molar-refractivity contribution in [1.29, 1.82) is 5.26 Å². The van der Waals surface area contributed by atoms with Crippen LogP contribution in [-0.4, -0.2) is 31.4 Å². The molecule has 0 saturated heterocycles. The van der Waals surface area contributed by atoms with Gasteiger partial charge in [0, 0.05) is 23.6 Å². The zero-order chi connectivity index (χ0) is 22.5. The second-order valence-corrected chi connectivity index (χ2v) is 8.26. The molecule has 32 heavy (non-hydrogen) atoms. The monoisotopic (exact) mass is 480 g/mol. The molecule has 0 aliphatic heterocycles. The third-order valence-electron chi connectivity index (χ3n) is 4.34. The highest BCUT2D eigenvalue weighted by molar-refractivity contribution is 7.99. The van der Waals surface area contributed by atoms with Gasteiger partial charge in [0.25, 0.3) is 0 Å². The maximum absolute atomic E-state index is 12.5. The van der Waals surface area contributed by atoms with Crippen molar-refractivity contribution in [2.45, 2.75) is 5.16 Å². The van der Waals surface area contributed by atoms with Crippen molar-refractivity contribution in [2.75, 3.05) is 11.1 Å². The predicted molar refractivity (Wildman–Crippen MR) is 125 cm³/mol. The molecule has 4 rings (SSSR count). The van der Waals surface area contributed by atoms with Gasteiger partial charge in [-0.15, -0.1) is 10.2 Å². The third-order valence-corrected chi connectivity index (χ3v) is 6.01. The molecule has 0 unspecified atom stereocenters. The molecule has 0 saturated carbocycles. The number of anilines is 1. The maximum atomic E-state index is 12.5. The van der Waals surface area contributed by atoms with Crippen LogP contribution in [0.4, 0.5) is 5.69 Å². The van der Waals surface area contributed by atoms with Crippen LogP contribution in [0.3, 0.4) is 0 Å². The van der Waals surface area contributed by atoms with Crippen LogP contribution in [0.5, 0.6) is 0 Å². The number of carbonyl (C=O) groups is 1. The van der Waals surface area contributed by atoms with Gasteiger partial charge >= 0.3 is 0 Å². The van der Waals surface area contributed by atoms with Crippen molar-refractivity contribution in [2.24, 2.45) is 0 Å². The molecule has 0 aliphatic carbocycles. The second kappa shape index (κ2) is 9.83. The number of nitrogens with one attached hydrogen (secondary N) is 1. The maximum Gasteiger partial charge on any atom is 0.234 e. The molecule has 2 aromatic carbocycles. The fourth-order valence-corrected chi connectivity index (χ4v) is 3.95. The van der Waals surface area contributed by atoms with Gasteiger partial charge in [-0.1, -0.05) is 41.0 Å². The van der Waals surface area contributed by atoms with E-state index in [0.29, 0.717) is 38.0 Å². The highest BCUT2D eigenvalue weighted by Crippen LogP contribution is 2.31. The number of thioether (sulfide) groups is 1. The Morgan fingerprint density at radius 1 is 1.06 bits per heavy atom. The van der Waals surface area contributed by atoms with E-state index >= 15 is 0 Å². The van der Waals surface area contributed by atoms with E-state index in [2.05, 4.69) is 20.5 Å². The summed E-state index contributed by atoms with van der Waals surface area (Å²) in [7, 11) is 0. The minimum Gasteiger partial charge on any atom is -0.325 e. The summed E-state index contributed by atoms with van der Waals surface area (Å²) in [5.74, 6) is 0.432. The lowest BCUT2D eigenvalue weighted by Crippen LogP contribution is -2.14. The molecule has 10 heteroatoms. The molecule has 7 nitrogen and oxygen atoms in total. The molecule has 2 aromatic heterocycles. The minimum absolute atomic E-state index is 0.0899. The van der Waals surface area contributed by atoms with E-state index in [4.69, 9.17) is 28.5 Å². The molecule has 0 bridgehead atoms. The Hall–Kier alpha value is -3.38. The first-order chi connectivity index (χ1) is 15.5. The number of carbonyl (C=O) groups excluding carboxylic acids is 1. The van der Waals surface area contributed by atoms with E-state index in [1.54, 1.807) is 54.9 Å². The number of benzene rings is 2. The molecule has 1 amide bonds.